The number of benzene rings is 2. The Morgan fingerprint density at radius 2 is 1.77 bits per heavy atom. The van der Waals surface area contributed by atoms with E-state index in [1.807, 2.05) is 29.8 Å². The molecule has 0 aliphatic carbocycles. The van der Waals surface area contributed by atoms with Gasteiger partial charge >= 0.3 is 0 Å². The number of nitrogens with zero attached hydrogens (tertiary/aromatic N) is 2. The monoisotopic (exact) mass is 476 g/mol. The molecule has 0 bridgehead atoms. The third-order valence-electron chi connectivity index (χ3n) is 5.78. The number of pyridine rings is 1. The Morgan fingerprint density at radius 1 is 1.03 bits per heavy atom. The standard InChI is InChI=1S/C24H21ClN2S.2ClH/c1-16-23(18-5-3-2-4-6-18)24-21(20-13-19(25)7-8-22(20)28-24)15-27(16)14-17-9-11-26-12-10-17;;/h2-13,16,23H,14-15H2,1H3;2*1H. The second-order valence-corrected chi connectivity index (χ2v) is 8.99. The van der Waals surface area contributed by atoms with Crippen molar-refractivity contribution in [1.29, 1.82) is 0 Å². The summed E-state index contributed by atoms with van der Waals surface area (Å²) in [5, 5.41) is 2.11. The van der Waals surface area contributed by atoms with Gasteiger partial charge in [0.05, 0.1) is 0 Å². The van der Waals surface area contributed by atoms with Crippen LogP contribution in [0.2, 0.25) is 5.02 Å². The molecular formula is C24H23Cl3N2S. The van der Waals surface area contributed by atoms with Gasteiger partial charge < -0.3 is 0 Å². The molecule has 2 atom stereocenters. The molecule has 1 aliphatic rings. The van der Waals surface area contributed by atoms with Crippen LogP contribution in [0, 0.1) is 0 Å². The van der Waals surface area contributed by atoms with Crippen molar-refractivity contribution in [2.45, 2.75) is 32.0 Å². The zero-order chi connectivity index (χ0) is 19.1. The fourth-order valence-electron chi connectivity index (χ4n) is 4.34. The number of fused-ring (bicyclic) bond motifs is 3. The van der Waals surface area contributed by atoms with Crippen LogP contribution < -0.4 is 0 Å². The van der Waals surface area contributed by atoms with Gasteiger partial charge in [0, 0.05) is 52.0 Å². The van der Waals surface area contributed by atoms with Gasteiger partial charge in [-0.1, -0.05) is 41.9 Å². The van der Waals surface area contributed by atoms with Crippen molar-refractivity contribution in [3.8, 4) is 0 Å². The highest BCUT2D eigenvalue weighted by Gasteiger charge is 2.35. The molecule has 0 amide bonds. The predicted molar refractivity (Wildman–Crippen MR) is 133 cm³/mol. The molecule has 30 heavy (non-hydrogen) atoms. The SMILES string of the molecule is CC1C(c2ccccc2)c2sc3ccc(Cl)cc3c2CN1Cc1ccncc1.Cl.Cl. The second kappa shape index (κ2) is 9.67. The lowest BCUT2D eigenvalue weighted by atomic mass is 9.84. The first-order valence-electron chi connectivity index (χ1n) is 9.59. The van der Waals surface area contributed by atoms with Crippen LogP contribution in [0.1, 0.15) is 34.4 Å². The van der Waals surface area contributed by atoms with Crippen molar-refractivity contribution in [3.05, 3.63) is 99.6 Å². The molecule has 0 N–H and O–H groups in total. The molecule has 156 valence electrons. The molecule has 0 radical (unpaired) electrons. The number of halogens is 3. The Hall–Kier alpha value is -1.62. The minimum atomic E-state index is 0. The molecule has 6 heteroatoms. The fraction of sp³-hybridized carbons (Fsp3) is 0.208. The highest BCUT2D eigenvalue weighted by atomic mass is 35.5. The Balaban J connectivity index is 0.00000128. The number of aromatic nitrogens is 1. The topological polar surface area (TPSA) is 16.1 Å². The highest BCUT2D eigenvalue weighted by molar-refractivity contribution is 7.19. The van der Waals surface area contributed by atoms with Crippen LogP contribution >= 0.6 is 47.8 Å². The molecule has 1 aliphatic heterocycles. The van der Waals surface area contributed by atoms with Gasteiger partial charge in [0.15, 0.2) is 0 Å². The molecule has 0 fully saturated rings. The first-order chi connectivity index (χ1) is 13.7. The molecule has 0 spiro atoms. The largest absolute Gasteiger partial charge is 0.291 e. The zero-order valence-corrected chi connectivity index (χ0v) is 19.7. The molecule has 0 saturated carbocycles. The van der Waals surface area contributed by atoms with Crippen molar-refractivity contribution in [2.75, 3.05) is 0 Å². The number of hydrogen-bond donors (Lipinski definition) is 0. The van der Waals surface area contributed by atoms with E-state index in [1.54, 1.807) is 0 Å². The molecule has 2 unspecified atom stereocenters. The van der Waals surface area contributed by atoms with Crippen LogP contribution in [0.3, 0.4) is 0 Å². The van der Waals surface area contributed by atoms with Gasteiger partial charge in [-0.15, -0.1) is 36.2 Å². The Labute approximate surface area is 198 Å². The van der Waals surface area contributed by atoms with E-state index in [9.17, 15) is 0 Å². The zero-order valence-electron chi connectivity index (χ0n) is 16.5. The molecule has 2 nitrogen and oxygen atoms in total. The Morgan fingerprint density at radius 3 is 2.50 bits per heavy atom. The molecule has 4 aromatic rings. The summed E-state index contributed by atoms with van der Waals surface area (Å²) in [4.78, 5) is 8.24. The molecule has 2 aromatic heterocycles. The van der Waals surface area contributed by atoms with E-state index < -0.39 is 0 Å². The molecule has 2 aromatic carbocycles. The normalized spacial score (nSPS) is 18.3. The van der Waals surface area contributed by atoms with Crippen LogP contribution in [0.25, 0.3) is 10.1 Å². The molecule has 0 saturated heterocycles. The van der Waals surface area contributed by atoms with Gasteiger partial charge in [-0.3, -0.25) is 9.88 Å². The third kappa shape index (κ3) is 4.23. The van der Waals surface area contributed by atoms with Crippen LogP contribution in [0.4, 0.5) is 0 Å². The van der Waals surface area contributed by atoms with E-state index in [1.165, 1.54) is 31.7 Å². The van der Waals surface area contributed by atoms with Gasteiger partial charge in [0.25, 0.3) is 0 Å². The summed E-state index contributed by atoms with van der Waals surface area (Å²) in [6.07, 6.45) is 3.76. The van der Waals surface area contributed by atoms with Crippen molar-refractivity contribution >= 4 is 57.8 Å². The summed E-state index contributed by atoms with van der Waals surface area (Å²) in [7, 11) is 0. The average Bonchev–Trinajstić information content (AvgIpc) is 3.07. The Bertz CT molecular complexity index is 1120. The van der Waals surface area contributed by atoms with Crippen LogP contribution in [0.15, 0.2) is 73.1 Å². The smallest absolute Gasteiger partial charge is 0.0413 e. The fourth-order valence-corrected chi connectivity index (χ4v) is 5.94. The lowest BCUT2D eigenvalue weighted by molar-refractivity contribution is 0.163. The summed E-state index contributed by atoms with van der Waals surface area (Å²) in [5.41, 5.74) is 4.12. The third-order valence-corrected chi connectivity index (χ3v) is 7.31. The highest BCUT2D eigenvalue weighted by Crippen LogP contribution is 2.46. The molecule has 3 heterocycles. The van der Waals surface area contributed by atoms with Crippen molar-refractivity contribution in [2.24, 2.45) is 0 Å². The van der Waals surface area contributed by atoms with Gasteiger partial charge in [0.2, 0.25) is 0 Å². The van der Waals surface area contributed by atoms with E-state index in [0.717, 1.165) is 18.1 Å². The van der Waals surface area contributed by atoms with Gasteiger partial charge in [-0.25, -0.2) is 0 Å². The Kier molecular flexibility index (Phi) is 7.43. The molecule has 5 rings (SSSR count). The average molecular weight is 478 g/mol. The number of thiophene rings is 1. The van der Waals surface area contributed by atoms with Crippen LogP contribution in [-0.2, 0) is 13.1 Å². The first kappa shape index (κ1) is 23.1. The van der Waals surface area contributed by atoms with Gasteiger partial charge in [0.1, 0.15) is 0 Å². The quantitative estimate of drug-likeness (QED) is 0.307. The molecular weight excluding hydrogens is 455 g/mol. The van der Waals surface area contributed by atoms with E-state index in [4.69, 9.17) is 11.6 Å². The summed E-state index contributed by atoms with van der Waals surface area (Å²) < 4.78 is 1.33. The lowest BCUT2D eigenvalue weighted by Gasteiger charge is -2.40. The van der Waals surface area contributed by atoms with Gasteiger partial charge in [-0.05, 0) is 59.3 Å². The van der Waals surface area contributed by atoms with E-state index in [-0.39, 0.29) is 24.8 Å². The van der Waals surface area contributed by atoms with E-state index >= 15 is 0 Å². The second-order valence-electron chi connectivity index (χ2n) is 7.47. The summed E-state index contributed by atoms with van der Waals surface area (Å²) in [6, 6.07) is 21.9. The predicted octanol–water partition coefficient (Wildman–Crippen LogP) is 7.33. The number of hydrogen-bond acceptors (Lipinski definition) is 3. The maximum atomic E-state index is 6.35. The van der Waals surface area contributed by atoms with Crippen LogP contribution in [0.5, 0.6) is 0 Å². The van der Waals surface area contributed by atoms with Crippen molar-refractivity contribution < 1.29 is 0 Å². The van der Waals surface area contributed by atoms with Crippen molar-refractivity contribution in [3.63, 3.8) is 0 Å². The van der Waals surface area contributed by atoms with E-state index in [2.05, 4.69) is 71.4 Å². The van der Waals surface area contributed by atoms with Crippen molar-refractivity contribution in [1.82, 2.24) is 9.88 Å². The minimum Gasteiger partial charge on any atom is -0.291 e. The van der Waals surface area contributed by atoms with Crippen LogP contribution in [-0.4, -0.2) is 15.9 Å². The minimum absolute atomic E-state index is 0. The number of rotatable bonds is 3. The summed E-state index contributed by atoms with van der Waals surface area (Å²) in [6.45, 7) is 4.23. The van der Waals surface area contributed by atoms with Gasteiger partial charge in [-0.2, -0.15) is 0 Å². The first-order valence-corrected chi connectivity index (χ1v) is 10.8. The maximum Gasteiger partial charge on any atom is 0.0413 e. The summed E-state index contributed by atoms with van der Waals surface area (Å²) >= 11 is 8.28. The summed E-state index contributed by atoms with van der Waals surface area (Å²) in [5.74, 6) is 0.364. The van der Waals surface area contributed by atoms with E-state index in [0.29, 0.717) is 12.0 Å². The lowest BCUT2D eigenvalue weighted by Crippen LogP contribution is -2.40. The maximum absolute atomic E-state index is 6.35.